The summed E-state index contributed by atoms with van der Waals surface area (Å²) in [6, 6.07) is 11.1. The van der Waals surface area contributed by atoms with E-state index in [2.05, 4.69) is 22.6 Å². The molecule has 3 rings (SSSR count). The van der Waals surface area contributed by atoms with Crippen LogP contribution in [0.2, 0.25) is 10.0 Å². The molecule has 0 aliphatic carbocycles. The van der Waals surface area contributed by atoms with Crippen LogP contribution < -0.4 is 9.64 Å². The summed E-state index contributed by atoms with van der Waals surface area (Å²) in [5.41, 5.74) is 1.70. The summed E-state index contributed by atoms with van der Waals surface area (Å²) in [5.74, 6) is 0.644. The Morgan fingerprint density at radius 1 is 1.14 bits per heavy atom. The first-order valence-electron chi connectivity index (χ1n) is 6.21. The van der Waals surface area contributed by atoms with Gasteiger partial charge in [0.2, 0.25) is 0 Å². The zero-order valence-corrected chi connectivity index (χ0v) is 14.4. The predicted octanol–water partition coefficient (Wildman–Crippen LogP) is 4.52. The molecule has 1 aliphatic heterocycles. The highest BCUT2D eigenvalue weighted by Gasteiger charge is 2.25. The summed E-state index contributed by atoms with van der Waals surface area (Å²) in [4.78, 5) is 13.9. The molecule has 0 saturated heterocycles. The van der Waals surface area contributed by atoms with Gasteiger partial charge in [0.05, 0.1) is 22.3 Å². The number of carbonyl (C=O) groups excluding carboxylic acids is 1. The molecule has 0 aromatic heterocycles. The van der Waals surface area contributed by atoms with E-state index in [9.17, 15) is 4.79 Å². The molecular weight excluding hydrogens is 424 g/mol. The molecule has 3 nitrogen and oxygen atoms in total. The lowest BCUT2D eigenvalue weighted by molar-refractivity contribution is -0.121. The van der Waals surface area contributed by atoms with Crippen molar-refractivity contribution >= 4 is 57.4 Å². The lowest BCUT2D eigenvalue weighted by Crippen LogP contribution is -2.38. The third-order valence-corrected chi connectivity index (χ3v) is 4.60. The highest BCUT2D eigenvalue weighted by Crippen LogP contribution is 2.34. The Hall–Kier alpha value is -0.980. The average molecular weight is 434 g/mol. The van der Waals surface area contributed by atoms with Crippen LogP contribution in [0.4, 0.5) is 5.69 Å². The van der Waals surface area contributed by atoms with Crippen LogP contribution in [0, 0.1) is 3.57 Å². The fourth-order valence-electron chi connectivity index (χ4n) is 2.17. The van der Waals surface area contributed by atoms with E-state index < -0.39 is 0 Å². The van der Waals surface area contributed by atoms with Gasteiger partial charge in [0.25, 0.3) is 5.91 Å². The number of carbonyl (C=O) groups is 1. The number of nitrogens with zero attached hydrogens (tertiary/aromatic N) is 1. The zero-order chi connectivity index (χ0) is 15.0. The summed E-state index contributed by atoms with van der Waals surface area (Å²) in [7, 11) is 0. The molecule has 0 N–H and O–H groups in total. The molecule has 1 heterocycles. The Morgan fingerprint density at radius 2 is 1.95 bits per heavy atom. The zero-order valence-electron chi connectivity index (χ0n) is 10.8. The van der Waals surface area contributed by atoms with Gasteiger partial charge >= 0.3 is 0 Å². The summed E-state index contributed by atoms with van der Waals surface area (Å²) in [5, 5.41) is 0.987. The normalized spacial score (nSPS) is 13.9. The van der Waals surface area contributed by atoms with Gasteiger partial charge in [0.15, 0.2) is 6.61 Å². The maximum Gasteiger partial charge on any atom is 0.265 e. The monoisotopic (exact) mass is 433 g/mol. The van der Waals surface area contributed by atoms with Gasteiger partial charge in [-0.05, 0) is 58.5 Å². The van der Waals surface area contributed by atoms with Gasteiger partial charge in [0.1, 0.15) is 5.75 Å². The van der Waals surface area contributed by atoms with Crippen molar-refractivity contribution in [3.8, 4) is 5.75 Å². The molecule has 0 bridgehead atoms. The van der Waals surface area contributed by atoms with Gasteiger partial charge in [0, 0.05) is 3.57 Å². The molecule has 0 unspecified atom stereocenters. The molecule has 1 aliphatic rings. The molecule has 21 heavy (non-hydrogen) atoms. The van der Waals surface area contributed by atoms with E-state index in [-0.39, 0.29) is 12.5 Å². The Morgan fingerprint density at radius 3 is 2.71 bits per heavy atom. The molecule has 6 heteroatoms. The lowest BCUT2D eigenvalue weighted by atomic mass is 10.1. The number of amides is 1. The Bertz CT molecular complexity index is 721. The number of hydrogen-bond donors (Lipinski definition) is 0. The van der Waals surface area contributed by atoms with Crippen molar-refractivity contribution in [3.05, 3.63) is 55.6 Å². The van der Waals surface area contributed by atoms with Gasteiger partial charge in [-0.2, -0.15) is 0 Å². The molecule has 0 fully saturated rings. The minimum absolute atomic E-state index is 0.0505. The van der Waals surface area contributed by atoms with Crippen molar-refractivity contribution in [2.45, 2.75) is 6.54 Å². The largest absolute Gasteiger partial charge is 0.482 e. The predicted molar refractivity (Wildman–Crippen MR) is 92.3 cm³/mol. The lowest BCUT2D eigenvalue weighted by Gasteiger charge is -2.29. The van der Waals surface area contributed by atoms with Gasteiger partial charge < -0.3 is 9.64 Å². The van der Waals surface area contributed by atoms with Crippen LogP contribution >= 0.6 is 45.8 Å². The smallest absolute Gasteiger partial charge is 0.265 e. The minimum Gasteiger partial charge on any atom is -0.482 e. The first-order chi connectivity index (χ1) is 10.0. The first-order valence-corrected chi connectivity index (χ1v) is 8.05. The maximum atomic E-state index is 12.2. The number of rotatable bonds is 2. The van der Waals surface area contributed by atoms with Crippen LogP contribution in [0.5, 0.6) is 5.75 Å². The fraction of sp³-hybridized carbons (Fsp3) is 0.133. The van der Waals surface area contributed by atoms with Crippen molar-refractivity contribution in [1.82, 2.24) is 0 Å². The van der Waals surface area contributed by atoms with Crippen LogP contribution in [-0.4, -0.2) is 12.5 Å². The van der Waals surface area contributed by atoms with Crippen molar-refractivity contribution in [1.29, 1.82) is 0 Å². The summed E-state index contributed by atoms with van der Waals surface area (Å²) in [6.07, 6.45) is 0. The van der Waals surface area contributed by atoms with Crippen molar-refractivity contribution in [3.63, 3.8) is 0 Å². The van der Waals surface area contributed by atoms with E-state index in [1.807, 2.05) is 24.3 Å². The first kappa shape index (κ1) is 14.9. The van der Waals surface area contributed by atoms with E-state index in [1.54, 1.807) is 17.0 Å². The van der Waals surface area contributed by atoms with Gasteiger partial charge in [-0.15, -0.1) is 0 Å². The second-order valence-electron chi connectivity index (χ2n) is 4.63. The van der Waals surface area contributed by atoms with E-state index in [0.29, 0.717) is 16.6 Å². The van der Waals surface area contributed by atoms with E-state index >= 15 is 0 Å². The molecular formula is C15H10Cl2INO2. The van der Waals surface area contributed by atoms with Crippen LogP contribution in [0.3, 0.4) is 0 Å². The fourth-order valence-corrected chi connectivity index (χ4v) is 2.96. The van der Waals surface area contributed by atoms with E-state index in [0.717, 1.165) is 20.6 Å². The van der Waals surface area contributed by atoms with Crippen LogP contribution in [0.15, 0.2) is 36.4 Å². The van der Waals surface area contributed by atoms with Crippen LogP contribution in [0.1, 0.15) is 5.56 Å². The molecule has 0 atom stereocenters. The molecule has 2 aromatic rings. The van der Waals surface area contributed by atoms with Gasteiger partial charge in [-0.1, -0.05) is 29.3 Å². The summed E-state index contributed by atoms with van der Waals surface area (Å²) in [6.45, 7) is 0.487. The molecule has 1 amide bonds. The quantitative estimate of drug-likeness (QED) is 0.651. The third kappa shape index (κ3) is 3.12. The second-order valence-corrected chi connectivity index (χ2v) is 6.69. The van der Waals surface area contributed by atoms with Gasteiger partial charge in [-0.3, -0.25) is 4.79 Å². The highest BCUT2D eigenvalue weighted by atomic mass is 127. The molecule has 108 valence electrons. The SMILES string of the molecule is O=C1COc2ccc(I)cc2N1Cc1ccc(Cl)c(Cl)c1. The minimum atomic E-state index is -0.0735. The number of ether oxygens (including phenoxy) is 1. The Kier molecular flexibility index (Phi) is 4.28. The number of hydrogen-bond acceptors (Lipinski definition) is 2. The standard InChI is InChI=1S/C15H10Cl2INO2/c16-11-3-1-9(5-12(11)17)7-19-13-6-10(18)2-4-14(13)21-8-15(19)20/h1-6H,7-8H2. The van der Waals surface area contributed by atoms with Gasteiger partial charge in [-0.25, -0.2) is 0 Å². The molecule has 0 spiro atoms. The van der Waals surface area contributed by atoms with E-state index in [4.69, 9.17) is 27.9 Å². The Balaban J connectivity index is 1.96. The average Bonchev–Trinajstić information content (AvgIpc) is 2.46. The van der Waals surface area contributed by atoms with E-state index in [1.165, 1.54) is 0 Å². The maximum absolute atomic E-state index is 12.2. The number of benzene rings is 2. The van der Waals surface area contributed by atoms with Crippen molar-refractivity contribution in [2.75, 3.05) is 11.5 Å². The van der Waals surface area contributed by atoms with Crippen LogP contribution in [0.25, 0.3) is 0 Å². The number of halogens is 3. The molecule has 0 saturated carbocycles. The van der Waals surface area contributed by atoms with Crippen molar-refractivity contribution in [2.24, 2.45) is 0 Å². The third-order valence-electron chi connectivity index (χ3n) is 3.19. The summed E-state index contributed by atoms with van der Waals surface area (Å²) < 4.78 is 6.50. The van der Waals surface area contributed by atoms with Crippen LogP contribution in [-0.2, 0) is 11.3 Å². The highest BCUT2D eigenvalue weighted by molar-refractivity contribution is 14.1. The second kappa shape index (κ2) is 6.02. The molecule has 0 radical (unpaired) electrons. The summed E-state index contributed by atoms with van der Waals surface area (Å²) >= 11 is 14.2. The Labute approximate surface area is 145 Å². The number of fused-ring (bicyclic) bond motifs is 1. The van der Waals surface area contributed by atoms with Crippen molar-refractivity contribution < 1.29 is 9.53 Å². The topological polar surface area (TPSA) is 29.5 Å². The molecule has 2 aromatic carbocycles. The number of anilines is 1.